The molecule has 0 amide bonds. The Balaban J connectivity index is 1.72. The number of halogens is 1. The lowest BCUT2D eigenvalue weighted by Gasteiger charge is -2.24. The van der Waals surface area contributed by atoms with Crippen molar-refractivity contribution in [2.45, 2.75) is 26.9 Å². The molecule has 10 nitrogen and oxygen atoms in total. The molecule has 0 fully saturated rings. The van der Waals surface area contributed by atoms with E-state index >= 15 is 0 Å². The van der Waals surface area contributed by atoms with Crippen LogP contribution >= 0.6 is 11.6 Å². The summed E-state index contributed by atoms with van der Waals surface area (Å²) >= 11 is 6.14. The molecule has 3 aromatic heterocycles. The van der Waals surface area contributed by atoms with Crippen LogP contribution < -0.4 is 15.2 Å². The number of aromatic nitrogens is 5. The van der Waals surface area contributed by atoms with Gasteiger partial charge in [-0.3, -0.25) is 4.79 Å². The molecule has 1 N–H and O–H groups in total. The van der Waals surface area contributed by atoms with E-state index in [9.17, 15) is 4.79 Å². The van der Waals surface area contributed by atoms with Gasteiger partial charge in [0, 0.05) is 19.7 Å². The Morgan fingerprint density at radius 1 is 1.30 bits per heavy atom. The lowest BCUT2D eigenvalue weighted by Crippen LogP contribution is -2.31. The lowest BCUT2D eigenvalue weighted by atomic mass is 10.1. The fourth-order valence-corrected chi connectivity index (χ4v) is 3.22. The fourth-order valence-electron chi connectivity index (χ4n) is 3.01. The molecule has 0 unspecified atom stereocenters. The first kappa shape index (κ1) is 21.7. The van der Waals surface area contributed by atoms with Crippen molar-refractivity contribution in [2.75, 3.05) is 31.7 Å². The number of hydrogen-bond donors (Lipinski definition) is 1. The summed E-state index contributed by atoms with van der Waals surface area (Å²) in [6.45, 7) is 5.68. The van der Waals surface area contributed by atoms with Crippen LogP contribution in [0.4, 0.5) is 5.69 Å². The quantitative estimate of drug-likeness (QED) is 0.513. The van der Waals surface area contributed by atoms with E-state index in [1.807, 2.05) is 18.7 Å². The van der Waals surface area contributed by atoms with Crippen LogP contribution in [0.25, 0.3) is 11.3 Å². The van der Waals surface area contributed by atoms with Crippen molar-refractivity contribution in [1.82, 2.24) is 25.3 Å². The number of aryl methyl sites for hydroxylation is 1. The van der Waals surface area contributed by atoms with Crippen LogP contribution in [-0.4, -0.2) is 52.1 Å². The minimum Gasteiger partial charge on any atom is -0.476 e. The summed E-state index contributed by atoms with van der Waals surface area (Å²) in [5.74, 6) is 1.05. The molecule has 0 aliphatic heterocycles. The second-order valence-electron chi connectivity index (χ2n) is 6.47. The van der Waals surface area contributed by atoms with Crippen molar-refractivity contribution in [2.24, 2.45) is 0 Å². The number of nitrogens with one attached hydrogen (secondary N) is 1. The summed E-state index contributed by atoms with van der Waals surface area (Å²) in [5.41, 5.74) is 2.20. The van der Waals surface area contributed by atoms with Gasteiger partial charge >= 0.3 is 0 Å². The zero-order valence-electron chi connectivity index (χ0n) is 17.0. The third-order valence-electron chi connectivity index (χ3n) is 4.34. The third kappa shape index (κ3) is 4.95. The van der Waals surface area contributed by atoms with E-state index < -0.39 is 5.56 Å². The van der Waals surface area contributed by atoms with E-state index in [2.05, 4.69) is 25.3 Å². The molecule has 3 heterocycles. The highest BCUT2D eigenvalue weighted by atomic mass is 35.5. The lowest BCUT2D eigenvalue weighted by molar-refractivity contribution is 0.177. The van der Waals surface area contributed by atoms with Gasteiger partial charge in [0.2, 0.25) is 5.88 Å². The number of ether oxygens (including phenoxy) is 2. The average Bonchev–Trinajstić information content (AvgIpc) is 3.10. The summed E-state index contributed by atoms with van der Waals surface area (Å²) in [4.78, 5) is 22.2. The first-order chi connectivity index (χ1) is 14.5. The highest BCUT2D eigenvalue weighted by molar-refractivity contribution is 6.32. The van der Waals surface area contributed by atoms with Gasteiger partial charge in [0.25, 0.3) is 5.56 Å². The Morgan fingerprint density at radius 3 is 2.90 bits per heavy atom. The number of aromatic amines is 1. The number of hydrogen-bond acceptors (Lipinski definition) is 9. The summed E-state index contributed by atoms with van der Waals surface area (Å²) < 4.78 is 16.3. The summed E-state index contributed by atoms with van der Waals surface area (Å²) in [5, 5.41) is 10.3. The zero-order valence-corrected chi connectivity index (χ0v) is 17.8. The molecule has 30 heavy (non-hydrogen) atoms. The number of rotatable bonds is 10. The highest BCUT2D eigenvalue weighted by Gasteiger charge is 2.17. The van der Waals surface area contributed by atoms with Crippen LogP contribution in [0.15, 0.2) is 27.9 Å². The molecule has 0 aromatic carbocycles. The van der Waals surface area contributed by atoms with Crippen molar-refractivity contribution in [1.29, 1.82) is 0 Å². The van der Waals surface area contributed by atoms with Crippen LogP contribution in [0.5, 0.6) is 5.88 Å². The largest absolute Gasteiger partial charge is 0.476 e. The second kappa shape index (κ2) is 10.2. The van der Waals surface area contributed by atoms with Crippen molar-refractivity contribution in [3.8, 4) is 17.1 Å². The minimum absolute atomic E-state index is 0.108. The van der Waals surface area contributed by atoms with Gasteiger partial charge in [0.05, 0.1) is 36.3 Å². The van der Waals surface area contributed by atoms with Crippen LogP contribution in [0.2, 0.25) is 5.02 Å². The van der Waals surface area contributed by atoms with Crippen LogP contribution in [-0.2, 0) is 11.3 Å². The maximum absolute atomic E-state index is 11.7. The molecular formula is C19H23ClN6O4. The molecule has 160 valence electrons. The SMILES string of the molecule is CCCN(CCOc1cc(-c2c(COC)noc2C)ncn1)c1cn[nH]c(=O)c1Cl. The molecule has 0 saturated heterocycles. The van der Waals surface area contributed by atoms with E-state index in [0.29, 0.717) is 55.0 Å². The first-order valence-corrected chi connectivity index (χ1v) is 9.80. The van der Waals surface area contributed by atoms with Crippen molar-refractivity contribution >= 4 is 17.3 Å². The van der Waals surface area contributed by atoms with Gasteiger partial charge in [0.15, 0.2) is 0 Å². The normalized spacial score (nSPS) is 10.9. The average molecular weight is 435 g/mol. The molecule has 0 aliphatic rings. The predicted octanol–water partition coefficient (Wildman–Crippen LogP) is 2.62. The molecule has 0 atom stereocenters. The van der Waals surface area contributed by atoms with Crippen molar-refractivity contribution < 1.29 is 14.0 Å². The summed E-state index contributed by atoms with van der Waals surface area (Å²) in [7, 11) is 1.59. The molecule has 0 radical (unpaired) electrons. The zero-order chi connectivity index (χ0) is 21.5. The topological polar surface area (TPSA) is 119 Å². The maximum Gasteiger partial charge on any atom is 0.285 e. The monoisotopic (exact) mass is 434 g/mol. The number of anilines is 1. The van der Waals surface area contributed by atoms with Gasteiger partial charge in [-0.15, -0.1) is 0 Å². The van der Waals surface area contributed by atoms with Gasteiger partial charge in [-0.25, -0.2) is 15.1 Å². The maximum atomic E-state index is 11.7. The van der Waals surface area contributed by atoms with Crippen molar-refractivity contribution in [3.63, 3.8) is 0 Å². The van der Waals surface area contributed by atoms with Crippen molar-refractivity contribution in [3.05, 3.63) is 45.4 Å². The number of methoxy groups -OCH3 is 1. The molecular weight excluding hydrogens is 412 g/mol. The molecule has 3 aromatic rings. The Bertz CT molecular complexity index is 1040. The molecule has 11 heteroatoms. The van der Waals surface area contributed by atoms with Crippen LogP contribution in [0.3, 0.4) is 0 Å². The number of H-pyrrole nitrogens is 1. The van der Waals surface area contributed by atoms with E-state index in [4.69, 9.17) is 25.6 Å². The highest BCUT2D eigenvalue weighted by Crippen LogP contribution is 2.27. The Hall–Kier alpha value is -2.98. The minimum atomic E-state index is -0.424. The Labute approximate surface area is 178 Å². The van der Waals surface area contributed by atoms with Gasteiger partial charge in [-0.1, -0.05) is 23.7 Å². The van der Waals surface area contributed by atoms with Gasteiger partial charge in [-0.2, -0.15) is 5.10 Å². The third-order valence-corrected chi connectivity index (χ3v) is 4.70. The van der Waals surface area contributed by atoms with E-state index in [1.165, 1.54) is 12.5 Å². The van der Waals surface area contributed by atoms with Gasteiger partial charge in [-0.05, 0) is 13.3 Å². The standard InChI is InChI=1S/C19H23ClN6O4/c1-4-5-26(15-9-23-24-19(27)18(15)20)6-7-29-16-8-13(21-11-22-16)17-12(2)30-25-14(17)10-28-3/h8-9,11H,4-7,10H2,1-3H3,(H,24,27). The van der Waals surface area contributed by atoms with E-state index in [0.717, 1.165) is 12.0 Å². The molecule has 0 spiro atoms. The van der Waals surface area contributed by atoms with E-state index in [1.54, 1.807) is 13.2 Å². The summed E-state index contributed by atoms with van der Waals surface area (Å²) in [6, 6.07) is 1.73. The second-order valence-corrected chi connectivity index (χ2v) is 6.85. The van der Waals surface area contributed by atoms with E-state index in [-0.39, 0.29) is 5.02 Å². The predicted molar refractivity (Wildman–Crippen MR) is 111 cm³/mol. The van der Waals surface area contributed by atoms with Gasteiger partial charge in [0.1, 0.15) is 29.4 Å². The smallest absolute Gasteiger partial charge is 0.285 e. The number of nitrogens with zero attached hydrogens (tertiary/aromatic N) is 5. The molecule has 0 bridgehead atoms. The summed E-state index contributed by atoms with van der Waals surface area (Å²) in [6.07, 6.45) is 3.83. The first-order valence-electron chi connectivity index (χ1n) is 9.42. The Kier molecular flexibility index (Phi) is 7.36. The van der Waals surface area contributed by atoms with Crippen LogP contribution in [0, 0.1) is 6.92 Å². The molecule has 0 aliphatic carbocycles. The van der Waals surface area contributed by atoms with Crippen LogP contribution in [0.1, 0.15) is 24.8 Å². The fraction of sp³-hybridized carbons (Fsp3) is 0.421. The molecule has 3 rings (SSSR count). The van der Waals surface area contributed by atoms with Gasteiger partial charge < -0.3 is 18.9 Å². The molecule has 0 saturated carbocycles. The Morgan fingerprint density at radius 2 is 2.13 bits per heavy atom.